The van der Waals surface area contributed by atoms with Crippen LogP contribution in [0.4, 0.5) is 10.1 Å². The van der Waals surface area contributed by atoms with E-state index in [1.165, 1.54) is 12.1 Å². The van der Waals surface area contributed by atoms with E-state index in [2.05, 4.69) is 10.4 Å². The molecule has 0 radical (unpaired) electrons. The number of hydrogen-bond donors (Lipinski definition) is 2. The summed E-state index contributed by atoms with van der Waals surface area (Å²) in [6.45, 7) is 1.91. The molecule has 3 N–H and O–H groups in total. The van der Waals surface area contributed by atoms with Gasteiger partial charge >= 0.3 is 0 Å². The van der Waals surface area contributed by atoms with E-state index < -0.39 is 5.82 Å². The molecule has 0 aliphatic heterocycles. The molecule has 0 aliphatic rings. The zero-order valence-electron chi connectivity index (χ0n) is 11.3. The maximum atomic E-state index is 13.6. The topological polar surface area (TPSA) is 50.9 Å². The van der Waals surface area contributed by atoms with Gasteiger partial charge in [-0.1, -0.05) is 41.9 Å². The van der Waals surface area contributed by atoms with Crippen molar-refractivity contribution in [1.29, 1.82) is 0 Å². The van der Waals surface area contributed by atoms with Crippen LogP contribution in [0.5, 0.6) is 0 Å². The number of aromatic nitrogens is 1. The Labute approximate surface area is 126 Å². The van der Waals surface area contributed by atoms with E-state index >= 15 is 0 Å². The van der Waals surface area contributed by atoms with E-state index in [4.69, 9.17) is 17.4 Å². The van der Waals surface area contributed by atoms with Crippen molar-refractivity contribution in [2.75, 3.05) is 5.43 Å². The van der Waals surface area contributed by atoms with Gasteiger partial charge in [0.25, 0.3) is 0 Å². The fraction of sp³-hybridized carbons (Fsp3) is 0.0625. The van der Waals surface area contributed by atoms with Gasteiger partial charge in [0.2, 0.25) is 0 Å². The second kappa shape index (κ2) is 5.31. The molecule has 3 rings (SSSR count). The van der Waals surface area contributed by atoms with Crippen molar-refractivity contribution in [3.8, 4) is 11.3 Å². The largest absolute Gasteiger partial charge is 0.323 e. The van der Waals surface area contributed by atoms with E-state index in [-0.39, 0.29) is 5.02 Å². The molecule has 106 valence electrons. The molecule has 0 atom stereocenters. The van der Waals surface area contributed by atoms with Crippen LogP contribution in [0.15, 0.2) is 42.5 Å². The van der Waals surface area contributed by atoms with Crippen LogP contribution in [0.25, 0.3) is 22.2 Å². The summed E-state index contributed by atoms with van der Waals surface area (Å²) in [6, 6.07) is 12.3. The lowest BCUT2D eigenvalue weighted by Gasteiger charge is -2.15. The Balaban J connectivity index is 2.41. The smallest absolute Gasteiger partial charge is 0.126 e. The summed E-state index contributed by atoms with van der Waals surface area (Å²) in [5.41, 5.74) is 6.34. The first-order valence-electron chi connectivity index (χ1n) is 6.43. The molecule has 0 saturated heterocycles. The molecule has 0 spiro atoms. The lowest BCUT2D eigenvalue weighted by molar-refractivity contribution is 0.629. The molecule has 0 saturated carbocycles. The molecule has 1 heterocycles. The Bertz CT molecular complexity index is 819. The van der Waals surface area contributed by atoms with Crippen molar-refractivity contribution in [3.05, 3.63) is 58.9 Å². The first kappa shape index (κ1) is 13.8. The van der Waals surface area contributed by atoms with Crippen molar-refractivity contribution in [1.82, 2.24) is 4.98 Å². The highest BCUT2D eigenvalue weighted by Gasteiger charge is 2.15. The first-order chi connectivity index (χ1) is 10.1. The molecule has 3 nitrogen and oxygen atoms in total. The highest BCUT2D eigenvalue weighted by Crippen LogP contribution is 2.36. The monoisotopic (exact) mass is 301 g/mol. The molecule has 0 bridgehead atoms. The van der Waals surface area contributed by atoms with Gasteiger partial charge in [-0.15, -0.1) is 0 Å². The molecule has 0 aliphatic carbocycles. The third kappa shape index (κ3) is 2.33. The Hall–Kier alpha value is -2.17. The molecular weight excluding hydrogens is 289 g/mol. The van der Waals surface area contributed by atoms with Gasteiger partial charge in [-0.3, -0.25) is 5.84 Å². The summed E-state index contributed by atoms with van der Waals surface area (Å²) < 4.78 is 13.6. The number of nitrogens with two attached hydrogens (primary N) is 1. The summed E-state index contributed by atoms with van der Waals surface area (Å²) in [6.07, 6.45) is 0. The van der Waals surface area contributed by atoms with E-state index in [0.717, 1.165) is 16.8 Å². The molecular formula is C16H13ClFN3. The van der Waals surface area contributed by atoms with Crippen molar-refractivity contribution in [2.45, 2.75) is 6.92 Å². The van der Waals surface area contributed by atoms with Gasteiger partial charge < -0.3 is 5.43 Å². The van der Waals surface area contributed by atoms with E-state index in [0.29, 0.717) is 16.6 Å². The molecule has 3 aromatic rings. The average molecular weight is 302 g/mol. The minimum atomic E-state index is -0.425. The van der Waals surface area contributed by atoms with Crippen LogP contribution in [0.2, 0.25) is 5.02 Å². The van der Waals surface area contributed by atoms with Gasteiger partial charge in [-0.25, -0.2) is 9.37 Å². The summed E-state index contributed by atoms with van der Waals surface area (Å²) >= 11 is 6.14. The molecule has 0 fully saturated rings. The summed E-state index contributed by atoms with van der Waals surface area (Å²) in [5, 5.41) is 0.908. The number of hydrogen-bond acceptors (Lipinski definition) is 3. The average Bonchev–Trinajstić information content (AvgIpc) is 2.48. The van der Waals surface area contributed by atoms with Crippen LogP contribution in [0, 0.1) is 12.7 Å². The van der Waals surface area contributed by atoms with Crippen LogP contribution in [0.1, 0.15) is 5.56 Å². The highest BCUT2D eigenvalue weighted by atomic mass is 35.5. The quantitative estimate of drug-likeness (QED) is 0.548. The Morgan fingerprint density at radius 3 is 2.57 bits per heavy atom. The standard InChI is InChI=1S/C16H13ClFN3/c1-9-15(10-5-3-2-4-6-10)20-13-8-11(18)7-12(17)14(13)16(9)21-19/h2-8H,19H2,1H3,(H,20,21). The third-order valence-electron chi connectivity index (χ3n) is 3.44. The fourth-order valence-electron chi connectivity index (χ4n) is 2.46. The number of pyridine rings is 1. The lowest BCUT2D eigenvalue weighted by Crippen LogP contribution is -2.10. The SMILES string of the molecule is Cc1c(-c2ccccc2)nc2cc(F)cc(Cl)c2c1NN. The predicted molar refractivity (Wildman–Crippen MR) is 84.7 cm³/mol. The minimum Gasteiger partial charge on any atom is -0.323 e. The molecule has 0 amide bonds. The number of nitrogens with zero attached hydrogens (tertiary/aromatic N) is 1. The van der Waals surface area contributed by atoms with E-state index in [1.54, 1.807) is 0 Å². The number of halogens is 2. The fourth-order valence-corrected chi connectivity index (χ4v) is 2.76. The lowest BCUT2D eigenvalue weighted by atomic mass is 10.0. The Morgan fingerprint density at radius 2 is 1.90 bits per heavy atom. The van der Waals surface area contributed by atoms with Crippen LogP contribution in [0.3, 0.4) is 0 Å². The zero-order valence-corrected chi connectivity index (χ0v) is 12.1. The van der Waals surface area contributed by atoms with Crippen LogP contribution < -0.4 is 11.3 Å². The van der Waals surface area contributed by atoms with E-state index in [9.17, 15) is 4.39 Å². The summed E-state index contributed by atoms with van der Waals surface area (Å²) in [7, 11) is 0. The van der Waals surface area contributed by atoms with Crippen molar-refractivity contribution in [2.24, 2.45) is 5.84 Å². The van der Waals surface area contributed by atoms with Crippen molar-refractivity contribution < 1.29 is 4.39 Å². The van der Waals surface area contributed by atoms with Gasteiger partial charge in [0.05, 0.1) is 21.9 Å². The number of nitrogen functional groups attached to an aromatic ring is 1. The molecule has 0 unspecified atom stereocenters. The third-order valence-corrected chi connectivity index (χ3v) is 3.74. The Kier molecular flexibility index (Phi) is 3.49. The van der Waals surface area contributed by atoms with Gasteiger partial charge in [0.15, 0.2) is 0 Å². The minimum absolute atomic E-state index is 0.285. The number of benzene rings is 2. The summed E-state index contributed by atoms with van der Waals surface area (Å²) in [4.78, 5) is 4.56. The molecule has 2 aromatic carbocycles. The first-order valence-corrected chi connectivity index (χ1v) is 6.81. The van der Waals surface area contributed by atoms with Gasteiger partial charge in [-0.05, 0) is 13.0 Å². The number of rotatable bonds is 2. The second-order valence-electron chi connectivity index (χ2n) is 4.75. The molecule has 1 aromatic heterocycles. The second-order valence-corrected chi connectivity index (χ2v) is 5.16. The van der Waals surface area contributed by atoms with Crippen LogP contribution >= 0.6 is 11.6 Å². The number of hydrazine groups is 1. The van der Waals surface area contributed by atoms with Crippen molar-refractivity contribution >= 4 is 28.2 Å². The highest BCUT2D eigenvalue weighted by molar-refractivity contribution is 6.36. The van der Waals surface area contributed by atoms with E-state index in [1.807, 2.05) is 37.3 Å². The normalized spacial score (nSPS) is 10.9. The zero-order chi connectivity index (χ0) is 15.0. The molecule has 5 heteroatoms. The maximum absolute atomic E-state index is 13.6. The molecule has 21 heavy (non-hydrogen) atoms. The Morgan fingerprint density at radius 1 is 1.19 bits per heavy atom. The van der Waals surface area contributed by atoms with Gasteiger partial charge in [-0.2, -0.15) is 0 Å². The summed E-state index contributed by atoms with van der Waals surface area (Å²) in [5.74, 6) is 5.22. The van der Waals surface area contributed by atoms with Crippen LogP contribution in [-0.2, 0) is 0 Å². The predicted octanol–water partition coefficient (Wildman–Crippen LogP) is 4.29. The van der Waals surface area contributed by atoms with Crippen molar-refractivity contribution in [3.63, 3.8) is 0 Å². The van der Waals surface area contributed by atoms with Gasteiger partial charge in [0, 0.05) is 22.6 Å². The number of fused-ring (bicyclic) bond motifs is 1. The maximum Gasteiger partial charge on any atom is 0.126 e. The van der Waals surface area contributed by atoms with Crippen LogP contribution in [-0.4, -0.2) is 4.98 Å². The van der Waals surface area contributed by atoms with Gasteiger partial charge in [0.1, 0.15) is 5.82 Å². The number of anilines is 1. The number of nitrogens with one attached hydrogen (secondary N) is 1.